The van der Waals surface area contributed by atoms with Crippen molar-refractivity contribution in [1.29, 1.82) is 0 Å². The highest BCUT2D eigenvalue weighted by molar-refractivity contribution is 5.98. The van der Waals surface area contributed by atoms with E-state index in [-0.39, 0.29) is 35.1 Å². The van der Waals surface area contributed by atoms with Crippen molar-refractivity contribution in [1.82, 2.24) is 20.4 Å². The van der Waals surface area contributed by atoms with E-state index >= 15 is 0 Å². The molecule has 4 N–H and O–H groups in total. The van der Waals surface area contributed by atoms with Crippen LogP contribution in [0.3, 0.4) is 0 Å². The van der Waals surface area contributed by atoms with Crippen LogP contribution in [0.15, 0.2) is 48.5 Å². The molecule has 1 aliphatic heterocycles. The first-order chi connectivity index (χ1) is 18.9. The Morgan fingerprint density at radius 3 is 2.20 bits per heavy atom. The van der Waals surface area contributed by atoms with Gasteiger partial charge in [-0.1, -0.05) is 6.07 Å². The molecule has 3 amide bonds. The van der Waals surface area contributed by atoms with Crippen molar-refractivity contribution in [2.24, 2.45) is 5.73 Å². The van der Waals surface area contributed by atoms with E-state index in [4.69, 9.17) is 10.5 Å². The van der Waals surface area contributed by atoms with Gasteiger partial charge in [-0.2, -0.15) is 0 Å². The van der Waals surface area contributed by atoms with Gasteiger partial charge in [-0.25, -0.2) is 13.6 Å². The maximum Gasteiger partial charge on any atom is 0.410 e. The molecular weight excluding hydrogens is 522 g/mol. The summed E-state index contributed by atoms with van der Waals surface area (Å²) in [5.74, 6) is -2.83. The number of carbonyl (C=O) groups is 3. The van der Waals surface area contributed by atoms with Gasteiger partial charge in [-0.05, 0) is 76.1 Å². The van der Waals surface area contributed by atoms with Gasteiger partial charge in [0.1, 0.15) is 22.9 Å². The molecule has 10 nitrogen and oxygen atoms in total. The lowest BCUT2D eigenvalue weighted by atomic mass is 10.0. The van der Waals surface area contributed by atoms with Crippen molar-refractivity contribution in [2.75, 3.05) is 18.4 Å². The fourth-order valence-corrected chi connectivity index (χ4v) is 4.20. The Labute approximate surface area is 229 Å². The van der Waals surface area contributed by atoms with Gasteiger partial charge in [0, 0.05) is 30.4 Å². The van der Waals surface area contributed by atoms with Crippen LogP contribution in [0, 0.1) is 11.6 Å². The first-order valence-electron chi connectivity index (χ1n) is 12.7. The summed E-state index contributed by atoms with van der Waals surface area (Å²) in [6.45, 7) is 6.39. The van der Waals surface area contributed by atoms with Crippen LogP contribution in [-0.4, -0.2) is 57.7 Å². The monoisotopic (exact) mass is 552 g/mol. The highest BCUT2D eigenvalue weighted by Gasteiger charge is 2.27. The van der Waals surface area contributed by atoms with Crippen molar-refractivity contribution < 1.29 is 27.9 Å². The molecule has 210 valence electrons. The van der Waals surface area contributed by atoms with Crippen molar-refractivity contribution in [2.45, 2.75) is 45.3 Å². The lowest BCUT2D eigenvalue weighted by Crippen LogP contribution is -2.47. The molecule has 12 heteroatoms. The zero-order chi connectivity index (χ0) is 29.0. The molecule has 0 saturated carbocycles. The summed E-state index contributed by atoms with van der Waals surface area (Å²) in [6, 6.07) is 11.0. The number of likely N-dealkylation sites (tertiary alicyclic amines) is 1. The molecule has 0 aliphatic carbocycles. The van der Waals surface area contributed by atoms with Gasteiger partial charge < -0.3 is 26.0 Å². The normalized spacial score (nSPS) is 14.0. The number of nitrogens with two attached hydrogens (primary N) is 1. The minimum Gasteiger partial charge on any atom is -0.444 e. The third-order valence-electron chi connectivity index (χ3n) is 6.15. The van der Waals surface area contributed by atoms with Crippen molar-refractivity contribution in [3.05, 3.63) is 71.4 Å². The molecule has 0 unspecified atom stereocenters. The number of aromatic nitrogens is 2. The van der Waals surface area contributed by atoms with Crippen LogP contribution in [0.4, 0.5) is 25.0 Å². The Hall–Kier alpha value is -4.61. The Balaban J connectivity index is 1.41. The first kappa shape index (κ1) is 28.4. The van der Waals surface area contributed by atoms with E-state index in [1.54, 1.807) is 29.2 Å². The van der Waals surface area contributed by atoms with E-state index in [2.05, 4.69) is 20.8 Å². The van der Waals surface area contributed by atoms with Gasteiger partial charge in [0.15, 0.2) is 5.69 Å². The number of nitrogens with zero attached hydrogens (tertiary/aromatic N) is 3. The van der Waals surface area contributed by atoms with E-state index in [9.17, 15) is 23.2 Å². The lowest BCUT2D eigenvalue weighted by molar-refractivity contribution is 0.0199. The first-order valence-corrected chi connectivity index (χ1v) is 12.7. The van der Waals surface area contributed by atoms with Gasteiger partial charge in [0.25, 0.3) is 11.8 Å². The van der Waals surface area contributed by atoms with Crippen LogP contribution < -0.4 is 16.4 Å². The number of piperidine rings is 1. The summed E-state index contributed by atoms with van der Waals surface area (Å²) < 4.78 is 34.0. The molecule has 0 atom stereocenters. The number of halogens is 2. The van der Waals surface area contributed by atoms with Crippen LogP contribution in [0.2, 0.25) is 0 Å². The number of nitrogens with one attached hydrogen (secondary N) is 2. The largest absolute Gasteiger partial charge is 0.444 e. The molecule has 1 aromatic heterocycles. The summed E-state index contributed by atoms with van der Waals surface area (Å²) in [6.07, 6.45) is 0.830. The van der Waals surface area contributed by atoms with E-state index < -0.39 is 28.7 Å². The standard InChI is InChI=1S/C28H30F2N6O4/c1-28(2,3)40-27(39)36-13-11-18(12-14-36)33-26(38)16-7-9-17(10-8-16)32-22-15-21(34-35-24(22)25(31)37)23-19(29)5-4-6-20(23)30/h4-10,15,18H,11-14H2,1-3H3,(H2,31,37)(H,32,34)(H,33,38). The molecule has 1 aliphatic rings. The van der Waals surface area contributed by atoms with Gasteiger partial charge in [0.2, 0.25) is 0 Å². The molecule has 0 spiro atoms. The van der Waals surface area contributed by atoms with E-state index in [1.807, 2.05) is 20.8 Å². The van der Waals surface area contributed by atoms with Crippen molar-refractivity contribution in [3.63, 3.8) is 0 Å². The average molecular weight is 553 g/mol. The third-order valence-corrected chi connectivity index (χ3v) is 6.15. The van der Waals surface area contributed by atoms with Crippen molar-refractivity contribution >= 4 is 29.3 Å². The van der Waals surface area contributed by atoms with Gasteiger partial charge in [0.05, 0.1) is 11.3 Å². The van der Waals surface area contributed by atoms with E-state index in [0.29, 0.717) is 37.2 Å². The Morgan fingerprint density at radius 1 is 1.00 bits per heavy atom. The number of ether oxygens (including phenoxy) is 1. The Morgan fingerprint density at radius 2 is 1.62 bits per heavy atom. The SMILES string of the molecule is CC(C)(C)OC(=O)N1CCC(NC(=O)c2ccc(Nc3cc(-c4c(F)cccc4F)nnc3C(N)=O)cc2)CC1. The smallest absolute Gasteiger partial charge is 0.410 e. The maximum atomic E-state index is 14.3. The number of primary amides is 1. The molecule has 2 aromatic carbocycles. The second kappa shape index (κ2) is 11.6. The Bertz CT molecular complexity index is 1400. The van der Waals surface area contributed by atoms with Gasteiger partial charge >= 0.3 is 6.09 Å². The highest BCUT2D eigenvalue weighted by atomic mass is 19.1. The number of benzene rings is 2. The third kappa shape index (κ3) is 6.87. The maximum absolute atomic E-state index is 14.3. The minimum absolute atomic E-state index is 0.0918. The molecule has 0 radical (unpaired) electrons. The van der Waals surface area contributed by atoms with Crippen LogP contribution >= 0.6 is 0 Å². The molecule has 1 fully saturated rings. The van der Waals surface area contributed by atoms with E-state index in [1.165, 1.54) is 12.1 Å². The molecule has 2 heterocycles. The van der Waals surface area contributed by atoms with Crippen LogP contribution in [0.1, 0.15) is 54.5 Å². The average Bonchev–Trinajstić information content (AvgIpc) is 2.88. The van der Waals surface area contributed by atoms with E-state index in [0.717, 1.165) is 12.1 Å². The second-order valence-electron chi connectivity index (χ2n) is 10.4. The lowest BCUT2D eigenvalue weighted by Gasteiger charge is -2.33. The second-order valence-corrected chi connectivity index (χ2v) is 10.4. The number of rotatable bonds is 6. The zero-order valence-corrected chi connectivity index (χ0v) is 22.3. The summed E-state index contributed by atoms with van der Waals surface area (Å²) in [4.78, 5) is 38.6. The number of carbonyl (C=O) groups excluding carboxylic acids is 3. The summed E-state index contributed by atoms with van der Waals surface area (Å²) >= 11 is 0. The minimum atomic E-state index is -0.885. The van der Waals surface area contributed by atoms with Gasteiger partial charge in [-0.3, -0.25) is 9.59 Å². The zero-order valence-electron chi connectivity index (χ0n) is 22.3. The summed E-state index contributed by atoms with van der Waals surface area (Å²) in [5.41, 5.74) is 5.06. The summed E-state index contributed by atoms with van der Waals surface area (Å²) in [5, 5.41) is 13.5. The van der Waals surface area contributed by atoms with Crippen molar-refractivity contribution in [3.8, 4) is 11.3 Å². The van der Waals surface area contributed by atoms with Crippen LogP contribution in [-0.2, 0) is 4.74 Å². The number of hydrogen-bond acceptors (Lipinski definition) is 7. The fourth-order valence-electron chi connectivity index (χ4n) is 4.20. The van der Waals surface area contributed by atoms with Gasteiger partial charge in [-0.15, -0.1) is 10.2 Å². The summed E-state index contributed by atoms with van der Waals surface area (Å²) in [7, 11) is 0. The molecule has 4 rings (SSSR count). The Kier molecular flexibility index (Phi) is 8.26. The molecule has 40 heavy (non-hydrogen) atoms. The highest BCUT2D eigenvalue weighted by Crippen LogP contribution is 2.28. The number of hydrogen-bond donors (Lipinski definition) is 3. The number of anilines is 2. The quantitative estimate of drug-likeness (QED) is 0.412. The fraction of sp³-hybridized carbons (Fsp3) is 0.321. The van der Waals surface area contributed by atoms with Crippen LogP contribution in [0.5, 0.6) is 0 Å². The predicted octanol–water partition coefficient (Wildman–Crippen LogP) is 4.39. The molecule has 1 saturated heterocycles. The molecule has 0 bridgehead atoms. The van der Waals surface area contributed by atoms with Crippen LogP contribution in [0.25, 0.3) is 11.3 Å². The number of amides is 3. The topological polar surface area (TPSA) is 140 Å². The molecule has 3 aromatic rings. The molecular formula is C28H30F2N6O4. The predicted molar refractivity (Wildman–Crippen MR) is 144 cm³/mol.